The van der Waals surface area contributed by atoms with Crippen LogP contribution >= 0.6 is 27.5 Å². The van der Waals surface area contributed by atoms with E-state index in [1.165, 1.54) is 0 Å². The number of halogens is 3. The molecule has 0 bridgehead atoms. The van der Waals surface area contributed by atoms with Gasteiger partial charge in [0.05, 0.1) is 39.9 Å². The molecule has 2 saturated carbocycles. The van der Waals surface area contributed by atoms with Crippen LogP contribution in [-0.4, -0.2) is 71.1 Å². The maximum atomic E-state index is 16.0. The number of carbonyl (C=O) groups excluding carboxylic acids is 1. The van der Waals surface area contributed by atoms with Gasteiger partial charge in [-0.15, -0.1) is 0 Å². The molecule has 0 spiro atoms. The van der Waals surface area contributed by atoms with Crippen molar-refractivity contribution in [2.45, 2.75) is 38.3 Å². The molecule has 3 aliphatic rings. The van der Waals surface area contributed by atoms with Crippen molar-refractivity contribution >= 4 is 55.8 Å². The Kier molecular flexibility index (Phi) is 7.83. The summed E-state index contributed by atoms with van der Waals surface area (Å²) in [5, 5.41) is 3.44. The molecule has 6 rings (SSSR count). The molecule has 2 unspecified atom stereocenters. The van der Waals surface area contributed by atoms with E-state index in [-0.39, 0.29) is 22.9 Å². The zero-order chi connectivity index (χ0) is 27.1. The van der Waals surface area contributed by atoms with Crippen LogP contribution in [0, 0.1) is 17.7 Å². The van der Waals surface area contributed by atoms with Crippen molar-refractivity contribution in [2.24, 2.45) is 11.8 Å². The van der Waals surface area contributed by atoms with Gasteiger partial charge in [-0.2, -0.15) is 0 Å². The van der Waals surface area contributed by atoms with Gasteiger partial charge in [-0.05, 0) is 75.4 Å². The summed E-state index contributed by atoms with van der Waals surface area (Å²) in [6.45, 7) is 6.13. The number of carbonyl (C=O) groups is 1. The smallest absolute Gasteiger partial charge is 0.277 e. The number of imidazole rings is 1. The number of likely N-dealkylation sites (N-methyl/N-ethyl adjacent to an activating group) is 1. The third kappa shape index (κ3) is 5.67. The van der Waals surface area contributed by atoms with Gasteiger partial charge in [-0.3, -0.25) is 9.63 Å². The van der Waals surface area contributed by atoms with Crippen molar-refractivity contribution < 1.29 is 14.0 Å². The minimum absolute atomic E-state index is 0.0203. The zero-order valence-electron chi connectivity index (χ0n) is 21.9. The van der Waals surface area contributed by atoms with E-state index in [1.54, 1.807) is 30.6 Å². The predicted octanol–water partition coefficient (Wildman–Crippen LogP) is 5.43. The van der Waals surface area contributed by atoms with E-state index < -0.39 is 11.7 Å². The summed E-state index contributed by atoms with van der Waals surface area (Å²) in [6.07, 6.45) is 5.95. The van der Waals surface area contributed by atoms with Crippen LogP contribution in [-0.2, 0) is 11.4 Å². The highest BCUT2D eigenvalue weighted by Crippen LogP contribution is 2.57. The lowest BCUT2D eigenvalue weighted by Gasteiger charge is -2.32. The Bertz CT molecular complexity index is 1370. The topological polar surface area (TPSA) is 74.7 Å². The Morgan fingerprint density at radius 2 is 1.90 bits per heavy atom. The van der Waals surface area contributed by atoms with E-state index in [9.17, 15) is 4.79 Å². The lowest BCUT2D eigenvalue weighted by molar-refractivity contribution is 0.0173. The first-order valence-electron chi connectivity index (χ1n) is 13.7. The third-order valence-electron chi connectivity index (χ3n) is 8.38. The number of fused-ring (bicyclic) bond motifs is 2. The van der Waals surface area contributed by atoms with Crippen LogP contribution < -0.4 is 10.8 Å². The van der Waals surface area contributed by atoms with Gasteiger partial charge >= 0.3 is 0 Å². The van der Waals surface area contributed by atoms with Crippen LogP contribution in [0.4, 0.5) is 15.8 Å². The zero-order valence-corrected chi connectivity index (χ0v) is 24.3. The van der Waals surface area contributed by atoms with Gasteiger partial charge in [-0.1, -0.05) is 27.5 Å². The molecule has 3 aromatic rings. The molecule has 0 radical (unpaired) electrons. The summed E-state index contributed by atoms with van der Waals surface area (Å²) in [4.78, 5) is 28.2. The number of benzene rings is 2. The molecule has 1 amide bonds. The number of rotatable bonds is 10. The molecule has 1 aromatic heterocycles. The van der Waals surface area contributed by atoms with Crippen molar-refractivity contribution in [1.29, 1.82) is 0 Å². The Morgan fingerprint density at radius 3 is 2.62 bits per heavy atom. The maximum absolute atomic E-state index is 16.0. The van der Waals surface area contributed by atoms with E-state index in [2.05, 4.69) is 48.6 Å². The van der Waals surface area contributed by atoms with Gasteiger partial charge in [0, 0.05) is 37.2 Å². The van der Waals surface area contributed by atoms with E-state index in [0.29, 0.717) is 34.6 Å². The second-order valence-corrected chi connectivity index (χ2v) is 12.3. The molecular weight excluding hydrogens is 587 g/mol. The molecule has 2 heterocycles. The van der Waals surface area contributed by atoms with Gasteiger partial charge < -0.3 is 19.7 Å². The van der Waals surface area contributed by atoms with Crippen LogP contribution in [0.1, 0.15) is 36.0 Å². The minimum Gasteiger partial charge on any atom is -0.351 e. The molecule has 39 heavy (non-hydrogen) atoms. The van der Waals surface area contributed by atoms with Crippen LogP contribution in [0.25, 0.3) is 11.0 Å². The van der Waals surface area contributed by atoms with Gasteiger partial charge in [-0.25, -0.2) is 14.9 Å². The first-order chi connectivity index (χ1) is 18.9. The summed E-state index contributed by atoms with van der Waals surface area (Å²) >= 11 is 9.79. The molecular formula is C28H33BrClFN6O2. The standard InChI is InChI=1S/C28H33BrClFN6O2/c1-35-10-12-36(13-11-35)8-2-3-9-37-16-32-26-23(37)15-20(28(38)34-39-27-18-5-6-19(18)27)25(24(26)31)33-22-7-4-17(29)14-21(22)30/h4,7,14-16,18-19,27,33H,2-3,5-6,8-13H2,1H3,(H,34,38). The summed E-state index contributed by atoms with van der Waals surface area (Å²) < 4.78 is 18.7. The maximum Gasteiger partial charge on any atom is 0.277 e. The van der Waals surface area contributed by atoms with Gasteiger partial charge in [0.15, 0.2) is 5.82 Å². The average Bonchev–Trinajstić information content (AvgIpc) is 3.19. The molecule has 8 nitrogen and oxygen atoms in total. The highest BCUT2D eigenvalue weighted by atomic mass is 79.9. The number of unbranched alkanes of at least 4 members (excludes halogenated alkanes) is 1. The number of hydroxylamine groups is 1. The summed E-state index contributed by atoms with van der Waals surface area (Å²) in [6, 6.07) is 6.94. The Hall–Kier alpha value is -2.24. The Labute approximate surface area is 240 Å². The molecule has 3 fully saturated rings. The van der Waals surface area contributed by atoms with Crippen LogP contribution in [0.5, 0.6) is 0 Å². The van der Waals surface area contributed by atoms with Crippen molar-refractivity contribution in [3.63, 3.8) is 0 Å². The normalized spacial score (nSPS) is 22.9. The number of aromatic nitrogens is 2. The second-order valence-electron chi connectivity index (χ2n) is 10.9. The van der Waals surface area contributed by atoms with E-state index in [1.807, 2.05) is 4.57 Å². The molecule has 2 aromatic carbocycles. The van der Waals surface area contributed by atoms with Crippen molar-refractivity contribution in [3.05, 3.63) is 51.5 Å². The molecule has 208 valence electrons. The first kappa shape index (κ1) is 27.0. The largest absolute Gasteiger partial charge is 0.351 e. The number of hydrogen-bond acceptors (Lipinski definition) is 6. The number of amides is 1. The fourth-order valence-corrected chi connectivity index (χ4v) is 6.41. The highest BCUT2D eigenvalue weighted by molar-refractivity contribution is 9.10. The predicted molar refractivity (Wildman–Crippen MR) is 154 cm³/mol. The van der Waals surface area contributed by atoms with Crippen molar-refractivity contribution in [3.8, 4) is 0 Å². The van der Waals surface area contributed by atoms with E-state index >= 15 is 4.39 Å². The molecule has 1 saturated heterocycles. The minimum atomic E-state index is -0.598. The quantitative estimate of drug-likeness (QED) is 0.233. The summed E-state index contributed by atoms with van der Waals surface area (Å²) in [5.41, 5.74) is 4.02. The fourth-order valence-electron chi connectivity index (χ4n) is 5.69. The lowest BCUT2D eigenvalue weighted by Crippen LogP contribution is -2.44. The monoisotopic (exact) mass is 618 g/mol. The Morgan fingerprint density at radius 1 is 1.15 bits per heavy atom. The molecule has 2 aliphatic carbocycles. The van der Waals surface area contributed by atoms with Gasteiger partial charge in [0.1, 0.15) is 5.52 Å². The fraction of sp³-hybridized carbons (Fsp3) is 0.500. The number of hydrogen-bond donors (Lipinski definition) is 2. The SMILES string of the molecule is CN1CCN(CCCCn2cnc3c(F)c(Nc4ccc(Br)cc4Cl)c(C(=O)NOC4C5CCC54)cc32)CC1. The Balaban J connectivity index is 1.22. The number of aryl methyl sites for hydroxylation is 1. The molecule has 1 aliphatic heterocycles. The first-order valence-corrected chi connectivity index (χ1v) is 14.8. The molecule has 2 atom stereocenters. The summed E-state index contributed by atoms with van der Waals surface area (Å²) in [7, 11) is 2.16. The van der Waals surface area contributed by atoms with Crippen LogP contribution in [0.15, 0.2) is 35.1 Å². The van der Waals surface area contributed by atoms with Crippen LogP contribution in [0.3, 0.4) is 0 Å². The number of piperazine rings is 1. The third-order valence-corrected chi connectivity index (χ3v) is 9.19. The molecule has 2 N–H and O–H groups in total. The second kappa shape index (κ2) is 11.3. The number of nitrogens with zero attached hydrogens (tertiary/aromatic N) is 4. The van der Waals surface area contributed by atoms with Crippen molar-refractivity contribution in [2.75, 3.05) is 45.1 Å². The average molecular weight is 620 g/mol. The van der Waals surface area contributed by atoms with Gasteiger partial charge in [0.25, 0.3) is 5.91 Å². The van der Waals surface area contributed by atoms with E-state index in [4.69, 9.17) is 16.4 Å². The van der Waals surface area contributed by atoms with Gasteiger partial charge in [0.2, 0.25) is 0 Å². The lowest BCUT2D eigenvalue weighted by atomic mass is 10.0. The van der Waals surface area contributed by atoms with E-state index in [0.717, 1.165) is 62.9 Å². The number of anilines is 2. The molecule has 11 heteroatoms. The van der Waals surface area contributed by atoms with Crippen molar-refractivity contribution in [1.82, 2.24) is 24.8 Å². The number of nitrogens with one attached hydrogen (secondary N) is 2. The summed E-state index contributed by atoms with van der Waals surface area (Å²) in [5.74, 6) is -0.0214. The highest BCUT2D eigenvalue weighted by Gasteiger charge is 2.58. The van der Waals surface area contributed by atoms with Crippen LogP contribution in [0.2, 0.25) is 5.02 Å².